The van der Waals surface area contributed by atoms with Crippen LogP contribution in [0.2, 0.25) is 0 Å². The van der Waals surface area contributed by atoms with Crippen LogP contribution in [0.5, 0.6) is 0 Å². The fourth-order valence-electron chi connectivity index (χ4n) is 0.794. The number of halogens is 1. The monoisotopic (exact) mass is 237 g/mol. The van der Waals surface area contributed by atoms with E-state index in [0.717, 1.165) is 12.3 Å². The van der Waals surface area contributed by atoms with Crippen molar-refractivity contribution in [3.63, 3.8) is 0 Å². The zero-order valence-electron chi connectivity index (χ0n) is 6.15. The van der Waals surface area contributed by atoms with Crippen LogP contribution in [0.1, 0.15) is 0 Å². The maximum absolute atomic E-state index is 5.39. The molecule has 5 heteroatoms. The van der Waals surface area contributed by atoms with E-state index in [-0.39, 0.29) is 17.0 Å². The molecule has 11 heavy (non-hydrogen) atoms. The normalized spacial score (nSPS) is 9.27. The number of imidazole rings is 1. The number of aromatic nitrogens is 2. The lowest BCUT2D eigenvalue weighted by molar-refractivity contribution is -0.695. The van der Waals surface area contributed by atoms with E-state index in [1.54, 1.807) is 0 Å². The van der Waals surface area contributed by atoms with E-state index in [9.17, 15) is 0 Å². The summed E-state index contributed by atoms with van der Waals surface area (Å²) in [5.41, 5.74) is 5.39. The lowest BCUT2D eigenvalue weighted by atomic mass is 10.7. The highest BCUT2D eigenvalue weighted by Gasteiger charge is 1.98. The van der Waals surface area contributed by atoms with E-state index in [2.05, 4.69) is 17.2 Å². The zero-order chi connectivity index (χ0) is 7.40. The van der Waals surface area contributed by atoms with Gasteiger partial charge in [-0.25, -0.2) is 9.13 Å². The predicted molar refractivity (Wildman–Crippen MR) is 42.7 cm³/mol. The van der Waals surface area contributed by atoms with Crippen molar-refractivity contribution in [3.8, 4) is 0 Å². The largest absolute Gasteiger partial charge is 1.00 e. The Morgan fingerprint density at radius 3 is 2.73 bits per heavy atom. The van der Waals surface area contributed by atoms with Crippen LogP contribution >= 0.6 is 12.6 Å². The third-order valence-electron chi connectivity index (χ3n) is 1.32. The van der Waals surface area contributed by atoms with Gasteiger partial charge in [0.15, 0.2) is 0 Å². The molecule has 2 N–H and O–H groups in total. The molecule has 0 aliphatic carbocycles. The van der Waals surface area contributed by atoms with Crippen LogP contribution in [-0.2, 0) is 13.2 Å². The number of thiol groups is 1. The van der Waals surface area contributed by atoms with E-state index in [0.29, 0.717) is 6.67 Å². The molecule has 0 bridgehead atoms. The molecule has 0 aliphatic rings. The molecule has 0 aromatic carbocycles. The van der Waals surface area contributed by atoms with Crippen molar-refractivity contribution >= 4 is 12.6 Å². The summed E-state index contributed by atoms with van der Waals surface area (Å²) in [6.45, 7) is 1.48. The maximum Gasteiger partial charge on any atom is 0.244 e. The van der Waals surface area contributed by atoms with Crippen LogP contribution in [0.4, 0.5) is 0 Å². The smallest absolute Gasteiger partial charge is 0.244 e. The van der Waals surface area contributed by atoms with Gasteiger partial charge >= 0.3 is 0 Å². The molecule has 64 valence electrons. The number of nitrogens with two attached hydrogens (primary N) is 1. The topological polar surface area (TPSA) is 34.8 Å². The van der Waals surface area contributed by atoms with Crippen molar-refractivity contribution in [2.75, 3.05) is 5.75 Å². The molecule has 1 aromatic heterocycles. The van der Waals surface area contributed by atoms with Crippen LogP contribution in [0, 0.1) is 0 Å². The molecule has 3 nitrogen and oxygen atoms in total. The van der Waals surface area contributed by atoms with Gasteiger partial charge in [-0.15, -0.1) is 0 Å². The Hall–Kier alpha value is 0. The maximum atomic E-state index is 5.39. The van der Waals surface area contributed by atoms with Gasteiger partial charge in [-0.1, -0.05) is 0 Å². The standard InChI is InChI=1S/C6H11N3S.BrH/c7-5-9-2-1-8(6-9)3-4-10;/h1-2,6H,3-5,7H2;1H. The first kappa shape index (κ1) is 11.0. The molecule has 1 rings (SSSR count). The van der Waals surface area contributed by atoms with Gasteiger partial charge in [0, 0.05) is 5.75 Å². The van der Waals surface area contributed by atoms with Gasteiger partial charge in [0.2, 0.25) is 6.33 Å². The highest BCUT2D eigenvalue weighted by atomic mass is 79.9. The molecule has 1 aromatic rings. The van der Waals surface area contributed by atoms with E-state index >= 15 is 0 Å². The molecule has 0 atom stereocenters. The Kier molecular flexibility index (Phi) is 5.62. The molecule has 0 radical (unpaired) electrons. The molecule has 0 unspecified atom stereocenters. The van der Waals surface area contributed by atoms with E-state index in [4.69, 9.17) is 5.73 Å². The number of hydrogen-bond acceptors (Lipinski definition) is 2. The molecule has 1 heterocycles. The van der Waals surface area contributed by atoms with Crippen molar-refractivity contribution in [1.29, 1.82) is 0 Å². The van der Waals surface area contributed by atoms with Crippen molar-refractivity contribution in [2.45, 2.75) is 13.2 Å². The average Bonchev–Trinajstić information content (AvgIpc) is 2.37. The zero-order valence-corrected chi connectivity index (χ0v) is 8.63. The number of rotatable bonds is 3. The van der Waals surface area contributed by atoms with Gasteiger partial charge in [-0.05, 0) is 0 Å². The van der Waals surface area contributed by atoms with Gasteiger partial charge in [-0.3, -0.25) is 5.73 Å². The van der Waals surface area contributed by atoms with Gasteiger partial charge in [0.05, 0.1) is 6.54 Å². The highest BCUT2D eigenvalue weighted by Crippen LogP contribution is 1.84. The van der Waals surface area contributed by atoms with Gasteiger partial charge in [0.25, 0.3) is 0 Å². The summed E-state index contributed by atoms with van der Waals surface area (Å²) in [4.78, 5) is 0. The lowest BCUT2D eigenvalue weighted by Gasteiger charge is -1.88. The summed E-state index contributed by atoms with van der Waals surface area (Å²) in [7, 11) is 0. The number of nitrogens with zero attached hydrogens (tertiary/aromatic N) is 2. The summed E-state index contributed by atoms with van der Waals surface area (Å²) < 4.78 is 3.98. The average molecular weight is 238 g/mol. The number of aryl methyl sites for hydroxylation is 1. The van der Waals surface area contributed by atoms with Gasteiger partial charge in [0.1, 0.15) is 19.1 Å². The highest BCUT2D eigenvalue weighted by molar-refractivity contribution is 7.80. The fraction of sp³-hybridized carbons (Fsp3) is 0.500. The van der Waals surface area contributed by atoms with Crippen LogP contribution in [0.15, 0.2) is 18.7 Å². The third kappa shape index (κ3) is 3.27. The summed E-state index contributed by atoms with van der Waals surface area (Å²) in [6, 6.07) is 0. The van der Waals surface area contributed by atoms with Crippen molar-refractivity contribution in [1.82, 2.24) is 4.57 Å². The van der Waals surface area contributed by atoms with E-state index in [1.807, 2.05) is 23.3 Å². The second-order valence-corrected chi connectivity index (χ2v) is 2.52. The SMILES string of the molecule is NC[n+]1ccn(CCS)c1.[Br-]. The second-order valence-electron chi connectivity index (χ2n) is 2.07. The van der Waals surface area contributed by atoms with Crippen molar-refractivity contribution in [2.24, 2.45) is 5.73 Å². The summed E-state index contributed by atoms with van der Waals surface area (Å²) in [6.07, 6.45) is 5.91. The van der Waals surface area contributed by atoms with Crippen LogP contribution < -0.4 is 27.3 Å². The molecule has 0 aliphatic heterocycles. The minimum absolute atomic E-state index is 0. The van der Waals surface area contributed by atoms with Gasteiger partial charge < -0.3 is 17.0 Å². The van der Waals surface area contributed by atoms with Crippen LogP contribution in [0.3, 0.4) is 0 Å². The Morgan fingerprint density at radius 2 is 2.27 bits per heavy atom. The molecule has 0 saturated heterocycles. The van der Waals surface area contributed by atoms with Gasteiger partial charge in [-0.2, -0.15) is 12.6 Å². The lowest BCUT2D eigenvalue weighted by Crippen LogP contribution is -3.00. The number of hydrogen-bond donors (Lipinski definition) is 2. The Bertz CT molecular complexity index is 201. The molecule has 0 saturated carbocycles. The summed E-state index contributed by atoms with van der Waals surface area (Å²) in [5, 5.41) is 0. The van der Waals surface area contributed by atoms with E-state index < -0.39 is 0 Å². The first-order valence-electron chi connectivity index (χ1n) is 3.22. The van der Waals surface area contributed by atoms with Crippen LogP contribution in [-0.4, -0.2) is 10.3 Å². The Balaban J connectivity index is 0.000001000. The van der Waals surface area contributed by atoms with Crippen LogP contribution in [0.25, 0.3) is 0 Å². The summed E-state index contributed by atoms with van der Waals surface area (Å²) >= 11 is 4.11. The molecule has 0 amide bonds. The quantitative estimate of drug-likeness (QED) is 0.418. The Labute approximate surface area is 82.4 Å². The molecule has 0 fully saturated rings. The van der Waals surface area contributed by atoms with Crippen molar-refractivity contribution < 1.29 is 21.5 Å². The minimum Gasteiger partial charge on any atom is -1.00 e. The van der Waals surface area contributed by atoms with Crippen molar-refractivity contribution in [3.05, 3.63) is 18.7 Å². The summed E-state index contributed by atoms with van der Waals surface area (Å²) in [5.74, 6) is 0.860. The molecular formula is C6H12BrN3S. The van der Waals surface area contributed by atoms with E-state index in [1.165, 1.54) is 0 Å². The minimum atomic E-state index is 0. The first-order valence-corrected chi connectivity index (χ1v) is 3.86. The molecule has 0 spiro atoms. The Morgan fingerprint density at radius 1 is 1.55 bits per heavy atom. The third-order valence-corrected chi connectivity index (χ3v) is 1.52. The second kappa shape index (κ2) is 5.62. The molecular weight excluding hydrogens is 226 g/mol. The first-order chi connectivity index (χ1) is 4.86. The predicted octanol–water partition coefficient (Wildman–Crippen LogP) is -3.37. The fourth-order valence-corrected chi connectivity index (χ4v) is 1.03.